The molecule has 1 aromatic rings. The highest BCUT2D eigenvalue weighted by molar-refractivity contribution is 5.32. The van der Waals surface area contributed by atoms with E-state index in [1.807, 2.05) is 19.9 Å². The highest BCUT2D eigenvalue weighted by atomic mass is 16.3. The van der Waals surface area contributed by atoms with Crippen LogP contribution < -0.4 is 0 Å². The van der Waals surface area contributed by atoms with Crippen molar-refractivity contribution in [3.8, 4) is 5.75 Å². The number of allylic oxidation sites excluding steroid dienone is 2. The van der Waals surface area contributed by atoms with Crippen molar-refractivity contribution in [3.63, 3.8) is 0 Å². The van der Waals surface area contributed by atoms with Crippen molar-refractivity contribution in [2.45, 2.75) is 20.3 Å². The van der Waals surface area contributed by atoms with E-state index in [4.69, 9.17) is 0 Å². The molecule has 0 spiro atoms. The zero-order valence-electron chi connectivity index (χ0n) is 7.46. The first-order valence-corrected chi connectivity index (χ1v) is 4.01. The number of benzene rings is 1. The molecule has 1 heteroatoms. The molecule has 0 aromatic heterocycles. The van der Waals surface area contributed by atoms with Gasteiger partial charge in [-0.15, -0.1) is 0 Å². The molecule has 0 aliphatic heterocycles. The van der Waals surface area contributed by atoms with E-state index >= 15 is 0 Å². The van der Waals surface area contributed by atoms with Crippen LogP contribution in [0.25, 0.3) is 0 Å². The van der Waals surface area contributed by atoms with Crippen LogP contribution >= 0.6 is 0 Å². The van der Waals surface area contributed by atoms with Gasteiger partial charge in [0.2, 0.25) is 0 Å². The van der Waals surface area contributed by atoms with E-state index < -0.39 is 0 Å². The van der Waals surface area contributed by atoms with Gasteiger partial charge < -0.3 is 5.11 Å². The van der Waals surface area contributed by atoms with Crippen molar-refractivity contribution >= 4 is 0 Å². The maximum atomic E-state index is 9.37. The molecule has 1 aromatic carbocycles. The van der Waals surface area contributed by atoms with Crippen LogP contribution in [0.1, 0.15) is 19.4 Å². The lowest BCUT2D eigenvalue weighted by Crippen LogP contribution is -1.82. The van der Waals surface area contributed by atoms with Crippen molar-refractivity contribution in [2.75, 3.05) is 0 Å². The maximum absolute atomic E-state index is 9.37. The molecule has 63 valence electrons. The average molecular weight is 161 g/mol. The van der Waals surface area contributed by atoms with Gasteiger partial charge in [-0.2, -0.15) is 0 Å². The Kier molecular flexibility index (Phi) is 2.92. The van der Waals surface area contributed by atoms with Gasteiger partial charge in [-0.05, 0) is 44.0 Å². The van der Waals surface area contributed by atoms with Crippen LogP contribution in [-0.4, -0.2) is 5.11 Å². The van der Waals surface area contributed by atoms with Gasteiger partial charge in [0, 0.05) is 0 Å². The zero-order chi connectivity index (χ0) is 8.97. The van der Waals surface area contributed by atoms with Crippen LogP contribution in [0.15, 0.2) is 29.8 Å². The number of aromatic hydroxyl groups is 1. The molecule has 0 atom stereocenters. The minimum Gasteiger partial charge on any atom is -0.508 e. The summed E-state index contributed by atoms with van der Waals surface area (Å²) < 4.78 is 0. The number of rotatable bonds is 2. The summed E-state index contributed by atoms with van der Waals surface area (Å²) in [7, 11) is 0. The predicted octanol–water partition coefficient (Wildman–Crippen LogP) is 2.70. The monoisotopic (exact) mass is 161 g/mol. The summed E-state index contributed by atoms with van der Waals surface area (Å²) in [5, 5.41) is 9.37. The van der Waals surface area contributed by atoms with Crippen molar-refractivity contribution in [1.82, 2.24) is 0 Å². The van der Waals surface area contributed by atoms with Crippen LogP contribution in [0.2, 0.25) is 0 Å². The van der Waals surface area contributed by atoms with E-state index in [-0.39, 0.29) is 0 Å². The molecule has 0 amide bonds. The Morgan fingerprint density at radius 1 is 1.58 bits per heavy atom. The van der Waals surface area contributed by atoms with Gasteiger partial charge in [-0.1, -0.05) is 17.7 Å². The van der Waals surface area contributed by atoms with E-state index in [2.05, 4.69) is 12.1 Å². The molecular weight excluding hydrogens is 148 g/mol. The quantitative estimate of drug-likeness (QED) is 0.661. The molecule has 1 rings (SSSR count). The molecule has 1 nitrogen and oxygen atoms in total. The normalized spacial score (nSPS) is 9.50. The van der Waals surface area contributed by atoms with Gasteiger partial charge in [0.1, 0.15) is 5.75 Å². The van der Waals surface area contributed by atoms with E-state index in [1.165, 1.54) is 5.57 Å². The number of phenolic OH excluding ortho intramolecular Hbond substituents is 1. The average Bonchev–Trinajstić information content (AvgIpc) is 2.03. The molecule has 0 fully saturated rings. The summed E-state index contributed by atoms with van der Waals surface area (Å²) in [6, 6.07) is 8.12. The fourth-order valence-corrected chi connectivity index (χ4v) is 0.934. The smallest absolute Gasteiger partial charge is 0.119 e. The lowest BCUT2D eigenvalue weighted by molar-refractivity contribution is 0.469. The van der Waals surface area contributed by atoms with Gasteiger partial charge in [0.05, 0.1) is 0 Å². The van der Waals surface area contributed by atoms with E-state index in [9.17, 15) is 5.11 Å². The molecule has 1 N–H and O–H groups in total. The maximum Gasteiger partial charge on any atom is 0.119 e. The predicted molar refractivity (Wildman–Crippen MR) is 50.1 cm³/mol. The Morgan fingerprint density at radius 3 is 2.92 bits per heavy atom. The summed E-state index contributed by atoms with van der Waals surface area (Å²) in [4.78, 5) is 0. The molecule has 0 saturated heterocycles. The fourth-order valence-electron chi connectivity index (χ4n) is 0.934. The third-order valence-corrected chi connectivity index (χ3v) is 1.65. The summed E-state index contributed by atoms with van der Waals surface area (Å²) in [6.07, 6.45) is 2.87. The van der Waals surface area contributed by atoms with Gasteiger partial charge >= 0.3 is 0 Å². The summed E-state index contributed by atoms with van der Waals surface area (Å²) >= 11 is 0. The van der Waals surface area contributed by atoms with Gasteiger partial charge in [0.25, 0.3) is 0 Å². The molecule has 0 heterocycles. The second-order valence-corrected chi connectivity index (χ2v) is 3.04. The van der Waals surface area contributed by atoms with Crippen molar-refractivity contribution in [3.05, 3.63) is 41.5 Å². The number of hydrogen-bond acceptors (Lipinski definition) is 1. The lowest BCUT2D eigenvalue weighted by Gasteiger charge is -1.99. The second kappa shape index (κ2) is 3.96. The summed E-state index contributed by atoms with van der Waals surface area (Å²) in [5.74, 6) is 0.353. The Hall–Kier alpha value is -1.24. The van der Waals surface area contributed by atoms with Crippen LogP contribution in [0.5, 0.6) is 5.75 Å². The fraction of sp³-hybridized carbons (Fsp3) is 0.273. The molecule has 0 aliphatic rings. The van der Waals surface area contributed by atoms with Crippen LogP contribution in [0, 0.1) is 6.07 Å². The first kappa shape index (κ1) is 8.85. The molecule has 0 unspecified atom stereocenters. The Labute approximate surface area is 73.4 Å². The number of phenols is 1. The van der Waals surface area contributed by atoms with E-state index in [0.717, 1.165) is 12.0 Å². The molecule has 1 radical (unpaired) electrons. The van der Waals surface area contributed by atoms with Crippen LogP contribution in [0.3, 0.4) is 0 Å². The van der Waals surface area contributed by atoms with Gasteiger partial charge in [0.15, 0.2) is 0 Å². The second-order valence-electron chi connectivity index (χ2n) is 3.04. The molecule has 12 heavy (non-hydrogen) atoms. The van der Waals surface area contributed by atoms with Crippen LogP contribution in [0.4, 0.5) is 0 Å². The Morgan fingerprint density at radius 2 is 2.33 bits per heavy atom. The van der Waals surface area contributed by atoms with E-state index in [1.54, 1.807) is 12.1 Å². The SMILES string of the molecule is CC(C)=CCc1c[c]ccc1O. The van der Waals surface area contributed by atoms with Gasteiger partial charge in [-0.3, -0.25) is 0 Å². The Bertz CT molecular complexity index is 283. The standard InChI is InChI=1S/C11H13O/c1-9(2)7-8-10-5-3-4-6-11(10)12/h4-7,12H,8H2,1-2H3. The third-order valence-electron chi connectivity index (χ3n) is 1.65. The number of hydrogen-bond donors (Lipinski definition) is 1. The van der Waals surface area contributed by atoms with Crippen molar-refractivity contribution in [2.24, 2.45) is 0 Å². The summed E-state index contributed by atoms with van der Waals surface area (Å²) in [6.45, 7) is 4.09. The molecule has 0 bridgehead atoms. The van der Waals surface area contributed by atoms with E-state index in [0.29, 0.717) is 5.75 Å². The van der Waals surface area contributed by atoms with Crippen molar-refractivity contribution in [1.29, 1.82) is 0 Å². The largest absolute Gasteiger partial charge is 0.508 e. The highest BCUT2D eigenvalue weighted by Crippen LogP contribution is 2.16. The Balaban J connectivity index is 2.76. The summed E-state index contributed by atoms with van der Waals surface area (Å²) in [5.41, 5.74) is 2.19. The minimum absolute atomic E-state index is 0.353. The van der Waals surface area contributed by atoms with Crippen molar-refractivity contribution < 1.29 is 5.11 Å². The third kappa shape index (κ3) is 2.42. The highest BCUT2D eigenvalue weighted by Gasteiger charge is 1.95. The van der Waals surface area contributed by atoms with Crippen LogP contribution in [-0.2, 0) is 6.42 Å². The first-order valence-electron chi connectivity index (χ1n) is 4.01. The minimum atomic E-state index is 0.353. The molecule has 0 aliphatic carbocycles. The zero-order valence-corrected chi connectivity index (χ0v) is 7.46. The first-order chi connectivity index (χ1) is 5.70. The molecule has 0 saturated carbocycles. The molecular formula is C11H13O. The lowest BCUT2D eigenvalue weighted by atomic mass is 10.1. The topological polar surface area (TPSA) is 20.2 Å². The van der Waals surface area contributed by atoms with Gasteiger partial charge in [-0.25, -0.2) is 0 Å².